The van der Waals surface area contributed by atoms with Crippen LogP contribution in [0.3, 0.4) is 0 Å². The number of nitrogens with zero attached hydrogens (tertiary/aromatic N) is 2. The third-order valence-corrected chi connectivity index (χ3v) is 7.18. The standard InChI is InChI=1S/C29H31BrN2O4S/c1-28(2,3)36-27(33)32(20-25-15-14-24(37-25)16-17-30)19-23-18-31-26(35-23)29(34,21-10-6-4-7-11-21)22-12-8-5-9-13-22/h4-15,18,34H,16-17,19-20H2,1-3H3. The van der Waals surface area contributed by atoms with E-state index in [1.54, 1.807) is 22.4 Å². The van der Waals surface area contributed by atoms with Crippen molar-refractivity contribution < 1.29 is 19.1 Å². The van der Waals surface area contributed by atoms with Crippen molar-refractivity contribution >= 4 is 33.4 Å². The van der Waals surface area contributed by atoms with E-state index < -0.39 is 17.3 Å². The molecule has 1 N–H and O–H groups in total. The highest BCUT2D eigenvalue weighted by molar-refractivity contribution is 9.09. The Labute approximate surface area is 230 Å². The fourth-order valence-electron chi connectivity index (χ4n) is 3.94. The van der Waals surface area contributed by atoms with Gasteiger partial charge in [0.05, 0.1) is 19.3 Å². The van der Waals surface area contributed by atoms with Crippen LogP contribution >= 0.6 is 27.3 Å². The minimum Gasteiger partial charge on any atom is -0.444 e. The molecule has 4 aromatic rings. The molecule has 6 nitrogen and oxygen atoms in total. The van der Waals surface area contributed by atoms with E-state index in [0.717, 1.165) is 16.6 Å². The molecule has 0 aliphatic carbocycles. The zero-order valence-electron chi connectivity index (χ0n) is 21.2. The fraction of sp³-hybridized carbons (Fsp3) is 0.310. The van der Waals surface area contributed by atoms with E-state index in [0.29, 0.717) is 23.4 Å². The van der Waals surface area contributed by atoms with Gasteiger partial charge in [0.2, 0.25) is 5.89 Å². The maximum Gasteiger partial charge on any atom is 0.411 e. The number of aryl methyl sites for hydroxylation is 1. The molecular formula is C29H31BrN2O4S. The van der Waals surface area contributed by atoms with Gasteiger partial charge in [-0.25, -0.2) is 9.78 Å². The third kappa shape index (κ3) is 6.69. The van der Waals surface area contributed by atoms with Gasteiger partial charge in [0.1, 0.15) is 11.4 Å². The van der Waals surface area contributed by atoms with Crippen LogP contribution in [-0.2, 0) is 29.8 Å². The summed E-state index contributed by atoms with van der Waals surface area (Å²) in [5.74, 6) is 0.586. The SMILES string of the molecule is CC(C)(C)OC(=O)N(Cc1cnc(C(O)(c2ccccc2)c2ccccc2)o1)Cc1ccc(CCBr)s1. The lowest BCUT2D eigenvalue weighted by Crippen LogP contribution is -2.35. The molecule has 37 heavy (non-hydrogen) atoms. The lowest BCUT2D eigenvalue weighted by molar-refractivity contribution is 0.0201. The van der Waals surface area contributed by atoms with Gasteiger partial charge in [0.15, 0.2) is 5.60 Å². The molecule has 2 heterocycles. The molecule has 8 heteroatoms. The molecule has 0 saturated carbocycles. The molecule has 0 fully saturated rings. The average molecular weight is 584 g/mol. The first kappa shape index (κ1) is 27.1. The summed E-state index contributed by atoms with van der Waals surface area (Å²) >= 11 is 5.15. The Morgan fingerprint density at radius 3 is 2.14 bits per heavy atom. The van der Waals surface area contributed by atoms with Crippen LogP contribution in [0.25, 0.3) is 0 Å². The molecule has 0 bridgehead atoms. The summed E-state index contributed by atoms with van der Waals surface area (Å²) in [5, 5.41) is 12.8. The van der Waals surface area contributed by atoms with Crippen molar-refractivity contribution in [1.29, 1.82) is 0 Å². The number of halogens is 1. The summed E-state index contributed by atoms with van der Waals surface area (Å²) in [4.78, 5) is 21.5. The van der Waals surface area contributed by atoms with Gasteiger partial charge in [0.25, 0.3) is 0 Å². The Balaban J connectivity index is 1.64. The lowest BCUT2D eigenvalue weighted by Gasteiger charge is -2.27. The number of amides is 1. The van der Waals surface area contributed by atoms with E-state index in [2.05, 4.69) is 27.0 Å². The first-order valence-corrected chi connectivity index (χ1v) is 14.0. The highest BCUT2D eigenvalue weighted by Crippen LogP contribution is 2.36. The van der Waals surface area contributed by atoms with Crippen molar-refractivity contribution in [2.24, 2.45) is 0 Å². The van der Waals surface area contributed by atoms with E-state index in [1.807, 2.05) is 87.5 Å². The van der Waals surface area contributed by atoms with Crippen LogP contribution in [0.1, 0.15) is 53.3 Å². The second kappa shape index (κ2) is 11.6. The van der Waals surface area contributed by atoms with Gasteiger partial charge >= 0.3 is 6.09 Å². The van der Waals surface area contributed by atoms with Crippen molar-refractivity contribution in [2.75, 3.05) is 5.33 Å². The van der Waals surface area contributed by atoms with Gasteiger partial charge in [0, 0.05) is 15.1 Å². The Bertz CT molecular complexity index is 1260. The number of thiophene rings is 1. The van der Waals surface area contributed by atoms with Crippen LogP contribution in [0.4, 0.5) is 4.79 Å². The predicted molar refractivity (Wildman–Crippen MR) is 149 cm³/mol. The molecule has 2 aromatic heterocycles. The maximum atomic E-state index is 13.1. The summed E-state index contributed by atoms with van der Waals surface area (Å²) in [5.41, 5.74) is -0.956. The molecular weight excluding hydrogens is 552 g/mol. The topological polar surface area (TPSA) is 75.8 Å². The number of benzene rings is 2. The molecule has 0 atom stereocenters. The molecule has 0 radical (unpaired) electrons. The van der Waals surface area contributed by atoms with Crippen molar-refractivity contribution in [3.8, 4) is 0 Å². The van der Waals surface area contributed by atoms with Crippen LogP contribution in [0.5, 0.6) is 0 Å². The molecule has 0 saturated heterocycles. The number of carbonyl (C=O) groups is 1. The van der Waals surface area contributed by atoms with Gasteiger partial charge in [-0.2, -0.15) is 0 Å². The van der Waals surface area contributed by atoms with Gasteiger partial charge in [-0.3, -0.25) is 4.90 Å². The zero-order chi connectivity index (χ0) is 26.5. The smallest absolute Gasteiger partial charge is 0.411 e. The second-order valence-corrected chi connectivity index (χ2v) is 11.8. The van der Waals surface area contributed by atoms with Crippen molar-refractivity contribution in [2.45, 2.75) is 51.5 Å². The summed E-state index contributed by atoms with van der Waals surface area (Å²) in [7, 11) is 0. The average Bonchev–Trinajstić information content (AvgIpc) is 3.53. The molecule has 4 rings (SSSR count). The van der Waals surface area contributed by atoms with Crippen LogP contribution in [0.15, 0.2) is 83.4 Å². The zero-order valence-corrected chi connectivity index (χ0v) is 23.6. The summed E-state index contributed by atoms with van der Waals surface area (Å²) in [6.07, 6.45) is 2.05. The lowest BCUT2D eigenvalue weighted by atomic mass is 9.86. The van der Waals surface area contributed by atoms with Gasteiger partial charge in [-0.1, -0.05) is 76.6 Å². The first-order chi connectivity index (χ1) is 17.7. The molecule has 1 amide bonds. The fourth-order valence-corrected chi connectivity index (χ4v) is 5.67. The number of rotatable bonds is 9. The van der Waals surface area contributed by atoms with Gasteiger partial charge < -0.3 is 14.3 Å². The summed E-state index contributed by atoms with van der Waals surface area (Å²) < 4.78 is 11.8. The van der Waals surface area contributed by atoms with Crippen molar-refractivity contribution in [3.63, 3.8) is 0 Å². The van der Waals surface area contributed by atoms with E-state index in [1.165, 1.54) is 4.88 Å². The number of alkyl halides is 1. The van der Waals surface area contributed by atoms with E-state index in [-0.39, 0.29) is 12.4 Å². The second-order valence-electron chi connectivity index (χ2n) is 9.72. The maximum absolute atomic E-state index is 13.1. The number of hydrogen-bond donors (Lipinski definition) is 1. The summed E-state index contributed by atoms with van der Waals surface area (Å²) in [6.45, 7) is 6.05. The number of aromatic nitrogens is 1. The normalized spacial score (nSPS) is 11.9. The van der Waals surface area contributed by atoms with E-state index >= 15 is 0 Å². The van der Waals surface area contributed by atoms with Crippen LogP contribution in [0, 0.1) is 0 Å². The quantitative estimate of drug-likeness (QED) is 0.217. The van der Waals surface area contributed by atoms with Crippen LogP contribution < -0.4 is 0 Å². The molecule has 0 unspecified atom stereocenters. The predicted octanol–water partition coefficient (Wildman–Crippen LogP) is 6.90. The monoisotopic (exact) mass is 582 g/mol. The van der Waals surface area contributed by atoms with Crippen molar-refractivity contribution in [1.82, 2.24) is 9.88 Å². The molecule has 0 spiro atoms. The number of hydrogen-bond acceptors (Lipinski definition) is 6. The van der Waals surface area contributed by atoms with Crippen LogP contribution in [0.2, 0.25) is 0 Å². The first-order valence-electron chi connectivity index (χ1n) is 12.1. The highest BCUT2D eigenvalue weighted by atomic mass is 79.9. The molecule has 194 valence electrons. The minimum atomic E-state index is -1.59. The Kier molecular flexibility index (Phi) is 8.52. The Morgan fingerprint density at radius 1 is 0.973 bits per heavy atom. The Hall–Kier alpha value is -2.94. The highest BCUT2D eigenvalue weighted by Gasteiger charge is 2.39. The van der Waals surface area contributed by atoms with Crippen molar-refractivity contribution in [3.05, 3.63) is 112 Å². The number of carbonyl (C=O) groups excluding carboxylic acids is 1. The largest absolute Gasteiger partial charge is 0.444 e. The molecule has 0 aliphatic heterocycles. The van der Waals surface area contributed by atoms with E-state index in [9.17, 15) is 9.90 Å². The third-order valence-electron chi connectivity index (χ3n) is 5.65. The van der Waals surface area contributed by atoms with Gasteiger partial charge in [-0.05, 0) is 50.5 Å². The minimum absolute atomic E-state index is 0.139. The molecule has 0 aliphatic rings. The molecule has 2 aromatic carbocycles. The van der Waals surface area contributed by atoms with Crippen LogP contribution in [-0.4, -0.2) is 32.0 Å². The number of ether oxygens (including phenoxy) is 1. The van der Waals surface area contributed by atoms with Gasteiger partial charge in [-0.15, -0.1) is 11.3 Å². The summed E-state index contributed by atoms with van der Waals surface area (Å²) in [6, 6.07) is 22.7. The number of oxazole rings is 1. The van der Waals surface area contributed by atoms with E-state index in [4.69, 9.17) is 9.15 Å². The number of aliphatic hydroxyl groups is 1. The Morgan fingerprint density at radius 2 is 1.57 bits per heavy atom.